The number of ether oxygens (including phenoxy) is 2. The van der Waals surface area contributed by atoms with Gasteiger partial charge in [-0.2, -0.15) is 0 Å². The van der Waals surface area contributed by atoms with Gasteiger partial charge in [-0.1, -0.05) is 12.2 Å². The Morgan fingerprint density at radius 1 is 1.32 bits per heavy atom. The van der Waals surface area contributed by atoms with Crippen molar-refractivity contribution in [1.29, 1.82) is 0 Å². The molecule has 2 aliphatic heterocycles. The molecule has 1 unspecified atom stereocenters. The third-order valence-electron chi connectivity index (χ3n) is 6.61. The Morgan fingerprint density at radius 2 is 2.03 bits per heavy atom. The molecule has 184 valence electrons. The molecule has 6 N–H and O–H groups in total. The predicted octanol–water partition coefficient (Wildman–Crippen LogP) is 1.46. The first-order valence-corrected chi connectivity index (χ1v) is 11.1. The molecule has 10 heteroatoms. The predicted molar refractivity (Wildman–Crippen MR) is 125 cm³/mol. The summed E-state index contributed by atoms with van der Waals surface area (Å²) in [6.07, 6.45) is 0.800. The third-order valence-corrected chi connectivity index (χ3v) is 6.61. The molecule has 0 radical (unpaired) electrons. The molecule has 1 saturated heterocycles. The summed E-state index contributed by atoms with van der Waals surface area (Å²) in [6.45, 7) is 6.65. The van der Waals surface area contributed by atoms with Gasteiger partial charge in [-0.15, -0.1) is 0 Å². The number of phenolic OH excluding ortho intramolecular Hbond substituents is 1. The van der Waals surface area contributed by atoms with E-state index in [4.69, 9.17) is 9.47 Å². The van der Waals surface area contributed by atoms with Gasteiger partial charge < -0.3 is 40.5 Å². The number of carbonyl (C=O) groups excluding carboxylic acids is 1. The number of aromatic nitrogens is 1. The van der Waals surface area contributed by atoms with Crippen LogP contribution in [0.15, 0.2) is 24.4 Å². The summed E-state index contributed by atoms with van der Waals surface area (Å²) in [6, 6.07) is 2.56. The Balaban J connectivity index is 1.74. The molecule has 0 amide bonds. The topological polar surface area (TPSA) is 145 Å². The Labute approximate surface area is 197 Å². The van der Waals surface area contributed by atoms with Gasteiger partial charge in [-0.3, -0.25) is 9.36 Å². The lowest BCUT2D eigenvalue weighted by molar-refractivity contribution is -0.272. The van der Waals surface area contributed by atoms with Crippen molar-refractivity contribution in [3.8, 4) is 11.5 Å². The smallest absolute Gasteiger partial charge is 0.264 e. The van der Waals surface area contributed by atoms with Crippen LogP contribution in [0.2, 0.25) is 0 Å². The first-order chi connectivity index (χ1) is 16.0. The third kappa shape index (κ3) is 3.77. The van der Waals surface area contributed by atoms with Crippen molar-refractivity contribution in [2.75, 3.05) is 12.4 Å². The van der Waals surface area contributed by atoms with E-state index >= 15 is 0 Å². The summed E-state index contributed by atoms with van der Waals surface area (Å²) < 4.78 is 13.0. The highest BCUT2D eigenvalue weighted by Gasteiger charge is 2.52. The molecular weight excluding hydrogens is 442 g/mol. The molecule has 6 atom stereocenters. The first kappa shape index (κ1) is 24.2. The molecule has 1 aromatic heterocycles. The SMILES string of the molecule is C/C=C/c1cc2n(c1)C(=O)c1cc(O[C@@H]3O[C@H](C)[C@@H](NC)[C@@](C)(O)[C@@H]3O)c(C)c(O)c1NC2O. The van der Waals surface area contributed by atoms with Crippen molar-refractivity contribution < 1.29 is 34.7 Å². The summed E-state index contributed by atoms with van der Waals surface area (Å²) in [4.78, 5) is 13.4. The highest BCUT2D eigenvalue weighted by Crippen LogP contribution is 2.43. The quantitative estimate of drug-likeness (QED) is 0.364. The number of likely N-dealkylation sites (N-methyl/N-ethyl adjacent to an activating group) is 1. The van der Waals surface area contributed by atoms with E-state index in [0.717, 1.165) is 5.56 Å². The van der Waals surface area contributed by atoms with Crippen LogP contribution in [0.1, 0.15) is 54.2 Å². The van der Waals surface area contributed by atoms with Crippen molar-refractivity contribution >= 4 is 17.7 Å². The lowest BCUT2D eigenvalue weighted by atomic mass is 9.84. The second kappa shape index (κ2) is 8.71. The van der Waals surface area contributed by atoms with Crippen LogP contribution < -0.4 is 15.4 Å². The summed E-state index contributed by atoms with van der Waals surface area (Å²) in [5.74, 6) is -0.664. The molecular formula is C24H31N3O7. The number of benzene rings is 1. The van der Waals surface area contributed by atoms with E-state index in [1.54, 1.807) is 39.2 Å². The maximum atomic E-state index is 13.4. The standard InChI is InChI=1S/C24H31N3O7/c1-6-7-13-8-15-21(30)26-17-14(22(31)27(15)10-13)9-16(11(2)18(17)28)34-23-20(29)24(4,32)19(25-5)12(3)33-23/h6-10,12,19-21,23,25-26,28-30,32H,1-5H3/b7-6+/t12-,19-,20-,21?,23+,24-/m1/s1. The summed E-state index contributed by atoms with van der Waals surface area (Å²) in [7, 11) is 1.66. The monoisotopic (exact) mass is 473 g/mol. The second-order valence-electron chi connectivity index (χ2n) is 8.96. The van der Waals surface area contributed by atoms with E-state index < -0.39 is 42.3 Å². The average Bonchev–Trinajstić information content (AvgIpc) is 3.17. The van der Waals surface area contributed by atoms with Gasteiger partial charge in [0.15, 0.2) is 6.23 Å². The number of nitrogens with one attached hydrogen (secondary N) is 2. The number of anilines is 1. The number of rotatable bonds is 4. The van der Waals surface area contributed by atoms with Crippen molar-refractivity contribution in [3.05, 3.63) is 46.8 Å². The number of aromatic hydroxyl groups is 1. The number of hydrogen-bond acceptors (Lipinski definition) is 9. The van der Waals surface area contributed by atoms with Crippen molar-refractivity contribution in [1.82, 2.24) is 9.88 Å². The van der Waals surface area contributed by atoms with Crippen LogP contribution in [0.25, 0.3) is 6.08 Å². The van der Waals surface area contributed by atoms with E-state index in [1.807, 2.05) is 13.0 Å². The van der Waals surface area contributed by atoms with Crippen molar-refractivity contribution in [2.45, 2.75) is 64.1 Å². The van der Waals surface area contributed by atoms with E-state index in [9.17, 15) is 25.2 Å². The fourth-order valence-electron chi connectivity index (χ4n) is 4.74. The first-order valence-electron chi connectivity index (χ1n) is 11.1. The Kier molecular flexibility index (Phi) is 6.21. The lowest BCUT2D eigenvalue weighted by Gasteiger charge is -2.47. The highest BCUT2D eigenvalue weighted by molar-refractivity contribution is 6.04. The van der Waals surface area contributed by atoms with Gasteiger partial charge in [-0.05, 0) is 52.4 Å². The number of hydrogen-bond donors (Lipinski definition) is 6. The van der Waals surface area contributed by atoms with Gasteiger partial charge in [0.2, 0.25) is 6.29 Å². The molecule has 0 bridgehead atoms. The van der Waals surface area contributed by atoms with E-state index in [0.29, 0.717) is 5.69 Å². The van der Waals surface area contributed by atoms with Crippen LogP contribution in [-0.2, 0) is 4.74 Å². The molecule has 1 fully saturated rings. The Bertz CT molecular complexity index is 1140. The van der Waals surface area contributed by atoms with Crippen LogP contribution in [-0.4, -0.2) is 68.1 Å². The molecule has 0 saturated carbocycles. The summed E-state index contributed by atoms with van der Waals surface area (Å²) in [5.41, 5.74) is -0.106. The van der Waals surface area contributed by atoms with Gasteiger partial charge in [0.05, 0.1) is 29.1 Å². The summed E-state index contributed by atoms with van der Waals surface area (Å²) in [5, 5.41) is 48.9. The molecule has 2 aliphatic rings. The zero-order chi connectivity index (χ0) is 24.9. The van der Waals surface area contributed by atoms with Crippen LogP contribution >= 0.6 is 0 Å². The molecule has 3 heterocycles. The number of aliphatic hydroxyl groups is 3. The maximum Gasteiger partial charge on any atom is 0.264 e. The maximum absolute atomic E-state index is 13.4. The number of aliphatic hydroxyl groups excluding tert-OH is 2. The minimum absolute atomic E-state index is 0.0664. The normalized spacial score (nSPS) is 31.1. The van der Waals surface area contributed by atoms with E-state index in [-0.39, 0.29) is 28.3 Å². The van der Waals surface area contributed by atoms with Gasteiger partial charge in [0.25, 0.3) is 5.91 Å². The van der Waals surface area contributed by atoms with Gasteiger partial charge in [0.1, 0.15) is 23.2 Å². The highest BCUT2D eigenvalue weighted by atomic mass is 16.7. The largest absolute Gasteiger partial charge is 0.505 e. The molecule has 10 nitrogen and oxygen atoms in total. The second-order valence-corrected chi connectivity index (χ2v) is 8.96. The zero-order valence-corrected chi connectivity index (χ0v) is 19.7. The van der Waals surface area contributed by atoms with Gasteiger partial charge >= 0.3 is 0 Å². The molecule has 0 spiro atoms. The summed E-state index contributed by atoms with van der Waals surface area (Å²) >= 11 is 0. The van der Waals surface area contributed by atoms with Crippen molar-refractivity contribution in [3.63, 3.8) is 0 Å². The Hall–Kier alpha value is -2.89. The lowest BCUT2D eigenvalue weighted by Crippen LogP contribution is -2.69. The molecule has 4 rings (SSSR count). The average molecular weight is 474 g/mol. The molecule has 2 aromatic rings. The van der Waals surface area contributed by atoms with Crippen LogP contribution in [0.4, 0.5) is 5.69 Å². The number of nitrogens with zero attached hydrogens (tertiary/aromatic N) is 1. The van der Waals surface area contributed by atoms with Gasteiger partial charge in [0, 0.05) is 11.8 Å². The number of allylic oxidation sites excluding steroid dienone is 1. The van der Waals surface area contributed by atoms with Crippen molar-refractivity contribution in [2.24, 2.45) is 0 Å². The van der Waals surface area contributed by atoms with Gasteiger partial charge in [-0.25, -0.2) is 0 Å². The van der Waals surface area contributed by atoms with Crippen LogP contribution in [0.3, 0.4) is 0 Å². The minimum Gasteiger partial charge on any atom is -0.505 e. The van der Waals surface area contributed by atoms with E-state index in [2.05, 4.69) is 10.6 Å². The molecule has 1 aromatic carbocycles. The van der Waals surface area contributed by atoms with Crippen LogP contribution in [0.5, 0.6) is 11.5 Å². The molecule has 34 heavy (non-hydrogen) atoms. The minimum atomic E-state index is -1.57. The fraction of sp³-hybridized carbons (Fsp3) is 0.458. The van der Waals surface area contributed by atoms with E-state index in [1.165, 1.54) is 17.6 Å². The number of phenols is 1. The number of fused-ring (bicyclic) bond motifs is 2. The zero-order valence-electron chi connectivity index (χ0n) is 19.7. The Morgan fingerprint density at radius 3 is 2.68 bits per heavy atom. The fourth-order valence-corrected chi connectivity index (χ4v) is 4.74. The number of carbonyl (C=O) groups is 1. The van der Waals surface area contributed by atoms with Crippen LogP contribution in [0, 0.1) is 6.92 Å². The molecule has 0 aliphatic carbocycles.